The van der Waals surface area contributed by atoms with Crippen LogP contribution in [0, 0.1) is 0 Å². The molecule has 0 heterocycles. The molecule has 0 aliphatic carbocycles. The van der Waals surface area contributed by atoms with Gasteiger partial charge in [-0.1, -0.05) is 38.0 Å². The van der Waals surface area contributed by atoms with E-state index >= 15 is 0 Å². The zero-order valence-corrected chi connectivity index (χ0v) is 12.5. The molecule has 1 aromatic rings. The summed E-state index contributed by atoms with van der Waals surface area (Å²) < 4.78 is 0. The molecule has 1 rings (SSSR count). The highest BCUT2D eigenvalue weighted by Crippen LogP contribution is 2.13. The Balaban J connectivity index is 2.78. The third kappa shape index (κ3) is 4.89. The lowest BCUT2D eigenvalue weighted by molar-refractivity contribution is -0.138. The molecule has 1 aromatic carbocycles. The van der Waals surface area contributed by atoms with Gasteiger partial charge in [0.25, 0.3) is 5.91 Å². The first kappa shape index (κ1) is 16.6. The summed E-state index contributed by atoms with van der Waals surface area (Å²) in [5.41, 5.74) is 1.51. The Hall–Kier alpha value is -1.49. The molecule has 0 radical (unpaired) electrons. The van der Waals surface area contributed by atoms with Crippen molar-refractivity contribution in [3.8, 4) is 0 Å². The van der Waals surface area contributed by atoms with E-state index in [0.29, 0.717) is 5.56 Å². The largest absolute Gasteiger partial charge is 0.480 e. The molecule has 5 heteroatoms. The van der Waals surface area contributed by atoms with Gasteiger partial charge in [-0.15, -0.1) is 0 Å². The second-order valence-corrected chi connectivity index (χ2v) is 5.03. The van der Waals surface area contributed by atoms with E-state index < -0.39 is 12.0 Å². The number of carbonyl (C=O) groups excluding carboxylic acids is 1. The number of carbonyl (C=O) groups is 2. The predicted octanol–water partition coefficient (Wildman–Crippen LogP) is 2.53. The van der Waals surface area contributed by atoms with Gasteiger partial charge in [-0.05, 0) is 24.5 Å². The van der Waals surface area contributed by atoms with Gasteiger partial charge in [-0.25, -0.2) is 4.79 Å². The molecule has 0 fully saturated rings. The molecule has 20 heavy (non-hydrogen) atoms. The van der Waals surface area contributed by atoms with Gasteiger partial charge in [0.05, 0.1) is 0 Å². The van der Waals surface area contributed by atoms with Crippen molar-refractivity contribution in [1.82, 2.24) is 5.32 Å². The molecule has 0 bridgehead atoms. The summed E-state index contributed by atoms with van der Waals surface area (Å²) in [7, 11) is 0. The molecule has 1 amide bonds. The lowest BCUT2D eigenvalue weighted by atomic mass is 10.0. The smallest absolute Gasteiger partial charge is 0.327 e. The minimum Gasteiger partial charge on any atom is -0.480 e. The van der Waals surface area contributed by atoms with Crippen LogP contribution in [0.15, 0.2) is 24.3 Å². The first-order valence-corrected chi connectivity index (χ1v) is 7.45. The molecule has 0 aromatic heterocycles. The predicted molar refractivity (Wildman–Crippen MR) is 82.4 cm³/mol. The first-order valence-electron chi connectivity index (χ1n) is 6.82. The van der Waals surface area contributed by atoms with E-state index in [1.807, 2.05) is 12.1 Å². The zero-order chi connectivity index (χ0) is 15.0. The highest BCUT2D eigenvalue weighted by Gasteiger charge is 2.20. The average molecular weight is 295 g/mol. The molecule has 0 unspecified atom stereocenters. The summed E-state index contributed by atoms with van der Waals surface area (Å²) in [6.45, 7) is 2.13. The van der Waals surface area contributed by atoms with Crippen LogP contribution in [0.4, 0.5) is 0 Å². The third-order valence-electron chi connectivity index (χ3n) is 3.10. The van der Waals surface area contributed by atoms with Crippen molar-refractivity contribution in [3.63, 3.8) is 0 Å². The number of thiol groups is 1. The summed E-state index contributed by atoms with van der Waals surface area (Å²) in [6, 6.07) is 6.37. The van der Waals surface area contributed by atoms with E-state index in [2.05, 4.69) is 24.9 Å². The number of carboxylic acids is 1. The highest BCUT2D eigenvalue weighted by atomic mass is 32.1. The molecular weight excluding hydrogens is 274 g/mol. The van der Waals surface area contributed by atoms with Crippen LogP contribution >= 0.6 is 12.6 Å². The molecule has 0 aliphatic heterocycles. The van der Waals surface area contributed by atoms with Gasteiger partial charge in [0, 0.05) is 11.3 Å². The van der Waals surface area contributed by atoms with Crippen LogP contribution in [-0.4, -0.2) is 28.8 Å². The Morgan fingerprint density at radius 2 is 2.00 bits per heavy atom. The van der Waals surface area contributed by atoms with Crippen molar-refractivity contribution in [2.24, 2.45) is 0 Å². The maximum absolute atomic E-state index is 12.2. The van der Waals surface area contributed by atoms with Crippen LogP contribution in [0.3, 0.4) is 0 Å². The number of benzene rings is 1. The Morgan fingerprint density at radius 3 is 2.60 bits per heavy atom. The number of aryl methyl sites for hydroxylation is 1. The molecule has 4 nitrogen and oxygen atoms in total. The van der Waals surface area contributed by atoms with E-state index in [4.69, 9.17) is 5.11 Å². The molecule has 1 atom stereocenters. The fourth-order valence-corrected chi connectivity index (χ4v) is 2.19. The topological polar surface area (TPSA) is 66.4 Å². The number of unbranched alkanes of at least 4 members (excludes halogenated alkanes) is 2. The van der Waals surface area contributed by atoms with Crippen LogP contribution in [0.2, 0.25) is 0 Å². The number of rotatable bonds is 8. The van der Waals surface area contributed by atoms with Gasteiger partial charge in [0.2, 0.25) is 0 Å². The fraction of sp³-hybridized carbons (Fsp3) is 0.467. The van der Waals surface area contributed by atoms with Crippen LogP contribution in [0.25, 0.3) is 0 Å². The lowest BCUT2D eigenvalue weighted by Gasteiger charge is -2.14. The van der Waals surface area contributed by atoms with Gasteiger partial charge in [0.1, 0.15) is 6.04 Å². The number of hydrogen-bond acceptors (Lipinski definition) is 3. The van der Waals surface area contributed by atoms with Crippen molar-refractivity contribution >= 4 is 24.5 Å². The van der Waals surface area contributed by atoms with Crippen LogP contribution in [-0.2, 0) is 11.2 Å². The molecule has 0 aliphatic rings. The normalized spacial score (nSPS) is 11.9. The Bertz CT molecular complexity index is 462. The second kappa shape index (κ2) is 8.64. The number of carboxylic acid groups (broad SMARTS) is 1. The van der Waals surface area contributed by atoms with Gasteiger partial charge < -0.3 is 10.4 Å². The monoisotopic (exact) mass is 295 g/mol. The van der Waals surface area contributed by atoms with Crippen molar-refractivity contribution in [2.75, 3.05) is 5.75 Å². The van der Waals surface area contributed by atoms with Crippen molar-refractivity contribution in [3.05, 3.63) is 35.4 Å². The first-order chi connectivity index (χ1) is 9.60. The number of hydrogen-bond donors (Lipinski definition) is 3. The van der Waals surface area contributed by atoms with E-state index in [0.717, 1.165) is 31.2 Å². The summed E-state index contributed by atoms with van der Waals surface area (Å²) in [6.07, 6.45) is 4.09. The lowest BCUT2D eigenvalue weighted by Crippen LogP contribution is -2.42. The molecule has 0 saturated heterocycles. The van der Waals surface area contributed by atoms with Crippen LogP contribution < -0.4 is 5.32 Å². The number of aliphatic carboxylic acids is 1. The van der Waals surface area contributed by atoms with Gasteiger partial charge in [-0.3, -0.25) is 4.79 Å². The molecule has 0 spiro atoms. The van der Waals surface area contributed by atoms with Gasteiger partial charge in [-0.2, -0.15) is 12.6 Å². The third-order valence-corrected chi connectivity index (χ3v) is 3.46. The van der Waals surface area contributed by atoms with Crippen molar-refractivity contribution in [1.29, 1.82) is 0 Å². The van der Waals surface area contributed by atoms with Crippen LogP contribution in [0.5, 0.6) is 0 Å². The van der Waals surface area contributed by atoms with E-state index in [9.17, 15) is 9.59 Å². The minimum absolute atomic E-state index is 0.0685. The van der Waals surface area contributed by atoms with E-state index in [1.165, 1.54) is 0 Å². The van der Waals surface area contributed by atoms with Crippen molar-refractivity contribution in [2.45, 2.75) is 38.6 Å². The van der Waals surface area contributed by atoms with E-state index in [1.54, 1.807) is 12.1 Å². The second-order valence-electron chi connectivity index (χ2n) is 4.66. The maximum Gasteiger partial charge on any atom is 0.327 e. The van der Waals surface area contributed by atoms with Crippen molar-refractivity contribution < 1.29 is 14.7 Å². The maximum atomic E-state index is 12.2. The molecule has 2 N–H and O–H groups in total. The zero-order valence-electron chi connectivity index (χ0n) is 11.6. The molecule has 0 saturated carbocycles. The van der Waals surface area contributed by atoms with Crippen LogP contribution in [0.1, 0.15) is 42.1 Å². The van der Waals surface area contributed by atoms with Gasteiger partial charge in [0.15, 0.2) is 0 Å². The SMILES string of the molecule is CCCCCc1ccccc1C(=O)N[C@@H](CS)C(=O)O. The standard InChI is InChI=1S/C15H21NO3S/c1-2-3-4-7-11-8-5-6-9-12(11)14(17)16-13(10-20)15(18)19/h5-6,8-9,13,20H,2-4,7,10H2,1H3,(H,16,17)(H,18,19)/t13-/m0/s1. The summed E-state index contributed by atoms with van der Waals surface area (Å²) in [4.78, 5) is 23.1. The van der Waals surface area contributed by atoms with E-state index in [-0.39, 0.29) is 11.7 Å². The molecule has 110 valence electrons. The summed E-state index contributed by atoms with van der Waals surface area (Å²) >= 11 is 3.94. The number of nitrogens with one attached hydrogen (secondary N) is 1. The number of amides is 1. The summed E-state index contributed by atoms with van der Waals surface area (Å²) in [5, 5.41) is 11.4. The highest BCUT2D eigenvalue weighted by molar-refractivity contribution is 7.80. The quantitative estimate of drug-likeness (QED) is 0.510. The Kier molecular flexibility index (Phi) is 7.15. The minimum atomic E-state index is -1.07. The fourth-order valence-electron chi connectivity index (χ4n) is 1.95. The Morgan fingerprint density at radius 1 is 1.30 bits per heavy atom. The summed E-state index contributed by atoms with van der Waals surface area (Å²) in [5.74, 6) is -1.35. The molecular formula is C15H21NO3S. The average Bonchev–Trinajstić information content (AvgIpc) is 2.45. The van der Waals surface area contributed by atoms with Gasteiger partial charge >= 0.3 is 5.97 Å². The Labute approximate surface area is 125 Å².